The molecule has 0 amide bonds. The van der Waals surface area contributed by atoms with Gasteiger partial charge in [-0.1, -0.05) is 57.5 Å². The van der Waals surface area contributed by atoms with Crippen LogP contribution in [-0.2, 0) is 0 Å². The first-order valence-corrected chi connectivity index (χ1v) is 10.7. The maximum absolute atomic E-state index is 8.75. The van der Waals surface area contributed by atoms with Crippen molar-refractivity contribution in [1.29, 1.82) is 10.5 Å². The van der Waals surface area contributed by atoms with Crippen molar-refractivity contribution in [3.63, 3.8) is 0 Å². The minimum Gasteiger partial charge on any atom is -0.479 e. The molecule has 4 nitrogen and oxygen atoms in total. The third-order valence-corrected chi connectivity index (χ3v) is 5.59. The van der Waals surface area contributed by atoms with Crippen LogP contribution in [0.25, 0.3) is 5.57 Å². The molecule has 1 saturated carbocycles. The molecule has 0 heterocycles. The second-order valence-corrected chi connectivity index (χ2v) is 9.78. The summed E-state index contributed by atoms with van der Waals surface area (Å²) in [6, 6.07) is 20.0. The number of hydrogen-bond acceptors (Lipinski definition) is 4. The summed E-state index contributed by atoms with van der Waals surface area (Å²) in [5.74, 6) is 1.39. The van der Waals surface area contributed by atoms with Crippen molar-refractivity contribution < 1.29 is 9.47 Å². The second-order valence-electron chi connectivity index (χ2n) is 9.78. The normalized spacial score (nSPS) is 16.6. The van der Waals surface area contributed by atoms with Crippen LogP contribution in [0.3, 0.4) is 0 Å². The highest BCUT2D eigenvalue weighted by Crippen LogP contribution is 2.50. The highest BCUT2D eigenvalue weighted by atomic mass is 16.5. The van der Waals surface area contributed by atoms with Gasteiger partial charge in [0.25, 0.3) is 0 Å². The molecule has 0 atom stereocenters. The molecule has 0 saturated heterocycles. The average Bonchev–Trinajstić information content (AvgIpc) is 2.70. The summed E-state index contributed by atoms with van der Waals surface area (Å²) in [5, 5.41) is 17.5. The molecule has 1 aliphatic carbocycles. The van der Waals surface area contributed by atoms with Gasteiger partial charge in [0.15, 0.2) is 13.2 Å². The van der Waals surface area contributed by atoms with Crippen molar-refractivity contribution >= 4 is 5.57 Å². The minimum absolute atomic E-state index is 0.0415. The van der Waals surface area contributed by atoms with E-state index in [4.69, 9.17) is 20.0 Å². The number of benzene rings is 2. The zero-order valence-corrected chi connectivity index (χ0v) is 18.9. The molecule has 0 spiro atoms. The van der Waals surface area contributed by atoms with Crippen LogP contribution in [0.15, 0.2) is 54.1 Å². The fourth-order valence-electron chi connectivity index (χ4n) is 5.06. The van der Waals surface area contributed by atoms with Gasteiger partial charge in [0.1, 0.15) is 23.6 Å². The molecule has 4 heteroatoms. The van der Waals surface area contributed by atoms with Gasteiger partial charge in [-0.2, -0.15) is 10.5 Å². The number of ether oxygens (including phenoxy) is 2. The molecular formula is C27H30N2O2. The Hall–Kier alpha value is -3.24. The number of rotatable bonds is 6. The lowest BCUT2D eigenvalue weighted by Crippen LogP contribution is -2.30. The molecule has 0 bridgehead atoms. The van der Waals surface area contributed by atoms with Gasteiger partial charge in [-0.05, 0) is 71.1 Å². The fourth-order valence-corrected chi connectivity index (χ4v) is 5.06. The Bertz CT molecular complexity index is 935. The van der Waals surface area contributed by atoms with Gasteiger partial charge in [-0.25, -0.2) is 0 Å². The Kier molecular flexibility index (Phi) is 6.71. The topological polar surface area (TPSA) is 66.0 Å². The Morgan fingerprint density at radius 1 is 0.742 bits per heavy atom. The molecule has 0 unspecified atom stereocenters. The van der Waals surface area contributed by atoms with Gasteiger partial charge in [0, 0.05) is 0 Å². The SMILES string of the molecule is CC1(C)CC(=C(c2ccc(OCC#N)cc2)c2ccc(OCC#N)cc2)CC(C)(C)C1. The third kappa shape index (κ3) is 5.89. The van der Waals surface area contributed by atoms with Crippen molar-refractivity contribution in [2.24, 2.45) is 10.8 Å². The lowest BCUT2D eigenvalue weighted by atomic mass is 9.62. The van der Waals surface area contributed by atoms with Crippen LogP contribution in [0.1, 0.15) is 58.1 Å². The maximum atomic E-state index is 8.75. The molecule has 1 fully saturated rings. The lowest BCUT2D eigenvalue weighted by Gasteiger charge is -2.43. The van der Waals surface area contributed by atoms with E-state index in [0.29, 0.717) is 11.5 Å². The number of hydrogen-bond donors (Lipinski definition) is 0. The summed E-state index contributed by atoms with van der Waals surface area (Å²) in [5.41, 5.74) is 5.44. The Balaban J connectivity index is 2.06. The fraction of sp³-hybridized carbons (Fsp3) is 0.407. The third-order valence-electron chi connectivity index (χ3n) is 5.59. The van der Waals surface area contributed by atoms with Gasteiger partial charge in [-0.15, -0.1) is 0 Å². The molecule has 1 aliphatic rings. The van der Waals surface area contributed by atoms with E-state index in [1.165, 1.54) is 17.6 Å². The number of nitrogens with zero attached hydrogens (tertiary/aromatic N) is 2. The standard InChI is InChI=1S/C27H30N2O2/c1-26(2)17-22(18-27(3,4)19-26)25(20-5-9-23(10-6-20)30-15-13-28)21-7-11-24(12-8-21)31-16-14-29/h5-12H,15-19H2,1-4H3. The smallest absolute Gasteiger partial charge is 0.174 e. The summed E-state index contributed by atoms with van der Waals surface area (Å²) in [6.07, 6.45) is 3.29. The van der Waals surface area contributed by atoms with Crippen molar-refractivity contribution in [3.8, 4) is 23.6 Å². The monoisotopic (exact) mass is 414 g/mol. The van der Waals surface area contributed by atoms with Crippen LogP contribution >= 0.6 is 0 Å². The molecule has 160 valence electrons. The highest BCUT2D eigenvalue weighted by molar-refractivity contribution is 5.83. The summed E-state index contributed by atoms with van der Waals surface area (Å²) < 4.78 is 10.9. The molecule has 31 heavy (non-hydrogen) atoms. The largest absolute Gasteiger partial charge is 0.479 e. The number of allylic oxidation sites excluding steroid dienone is 1. The van der Waals surface area contributed by atoms with Crippen LogP contribution in [0.5, 0.6) is 11.5 Å². The van der Waals surface area contributed by atoms with E-state index >= 15 is 0 Å². The van der Waals surface area contributed by atoms with Crippen LogP contribution in [0.2, 0.25) is 0 Å². The number of nitriles is 2. The van der Waals surface area contributed by atoms with Crippen LogP contribution in [-0.4, -0.2) is 13.2 Å². The quantitative estimate of drug-likeness (QED) is 0.539. The summed E-state index contributed by atoms with van der Waals surface area (Å²) in [4.78, 5) is 0. The van der Waals surface area contributed by atoms with E-state index < -0.39 is 0 Å². The Labute approximate surface area is 185 Å². The van der Waals surface area contributed by atoms with E-state index in [1.54, 1.807) is 0 Å². The Morgan fingerprint density at radius 2 is 1.13 bits per heavy atom. The van der Waals surface area contributed by atoms with E-state index in [9.17, 15) is 0 Å². The van der Waals surface area contributed by atoms with Gasteiger partial charge in [0.05, 0.1) is 0 Å². The van der Waals surface area contributed by atoms with Crippen LogP contribution in [0.4, 0.5) is 0 Å². The molecule has 0 aliphatic heterocycles. The first-order chi connectivity index (χ1) is 14.7. The van der Waals surface area contributed by atoms with Crippen LogP contribution in [0, 0.1) is 33.5 Å². The predicted molar refractivity (Wildman–Crippen MR) is 123 cm³/mol. The molecule has 2 aromatic carbocycles. The molecule has 0 radical (unpaired) electrons. The average molecular weight is 415 g/mol. The minimum atomic E-state index is 0.0415. The zero-order valence-electron chi connectivity index (χ0n) is 18.9. The van der Waals surface area contributed by atoms with E-state index in [-0.39, 0.29) is 24.0 Å². The molecule has 0 aromatic heterocycles. The zero-order chi connectivity index (χ0) is 22.5. The van der Waals surface area contributed by atoms with Crippen LogP contribution < -0.4 is 9.47 Å². The van der Waals surface area contributed by atoms with Crippen molar-refractivity contribution in [2.75, 3.05) is 13.2 Å². The second kappa shape index (κ2) is 9.27. The van der Waals surface area contributed by atoms with Gasteiger partial charge in [-0.3, -0.25) is 0 Å². The molecule has 2 aromatic rings. The summed E-state index contributed by atoms with van der Waals surface area (Å²) >= 11 is 0. The first kappa shape index (κ1) is 22.4. The Morgan fingerprint density at radius 3 is 1.48 bits per heavy atom. The van der Waals surface area contributed by atoms with Gasteiger partial charge >= 0.3 is 0 Å². The lowest BCUT2D eigenvalue weighted by molar-refractivity contribution is 0.154. The van der Waals surface area contributed by atoms with E-state index in [0.717, 1.165) is 24.0 Å². The maximum Gasteiger partial charge on any atom is 0.174 e. The van der Waals surface area contributed by atoms with Gasteiger partial charge < -0.3 is 9.47 Å². The summed E-state index contributed by atoms with van der Waals surface area (Å²) in [7, 11) is 0. The molecular weight excluding hydrogens is 384 g/mol. The van der Waals surface area contributed by atoms with Gasteiger partial charge in [0.2, 0.25) is 0 Å². The highest BCUT2D eigenvalue weighted by Gasteiger charge is 2.37. The predicted octanol–water partition coefficient (Wildman–Crippen LogP) is 6.53. The van der Waals surface area contributed by atoms with Crippen molar-refractivity contribution in [1.82, 2.24) is 0 Å². The first-order valence-electron chi connectivity index (χ1n) is 10.7. The van der Waals surface area contributed by atoms with Crippen molar-refractivity contribution in [2.45, 2.75) is 47.0 Å². The van der Waals surface area contributed by atoms with Crippen molar-refractivity contribution in [3.05, 3.63) is 65.2 Å². The summed E-state index contributed by atoms with van der Waals surface area (Å²) in [6.45, 7) is 9.48. The molecule has 0 N–H and O–H groups in total. The molecule has 3 rings (SSSR count). The van der Waals surface area contributed by atoms with E-state index in [1.807, 2.05) is 36.4 Å². The van der Waals surface area contributed by atoms with E-state index in [2.05, 4.69) is 52.0 Å².